The van der Waals surface area contributed by atoms with Gasteiger partial charge in [-0.15, -0.1) is 0 Å². The number of nitrogens with zero attached hydrogens (tertiary/aromatic N) is 3. The molecule has 0 unspecified atom stereocenters. The van der Waals surface area contributed by atoms with Crippen LogP contribution >= 0.6 is 45.5 Å². The van der Waals surface area contributed by atoms with E-state index < -0.39 is 0 Å². The number of hydrogen-bond donors (Lipinski definition) is 0. The molecular weight excluding hydrogens is 428 g/mol. The zero-order valence-corrected chi connectivity index (χ0v) is 14.1. The summed E-state index contributed by atoms with van der Waals surface area (Å²) in [6.45, 7) is 9.02. The Morgan fingerprint density at radius 2 is 1.50 bits per heavy atom. The van der Waals surface area contributed by atoms with Gasteiger partial charge in [0.05, 0.1) is 4.55 Å². The second-order valence-corrected chi connectivity index (χ2v) is 6.94. The van der Waals surface area contributed by atoms with E-state index in [9.17, 15) is 0 Å². The molecule has 0 radical (unpaired) electrons. The largest absolute Gasteiger partial charge is 0.300 e. The number of halogens is 2. The molecule has 2 heterocycles. The molecule has 0 amide bonds. The molecule has 0 spiro atoms. The van der Waals surface area contributed by atoms with Crippen molar-refractivity contribution in [3.63, 3.8) is 0 Å². The monoisotopic (exact) mass is 449 g/mol. The van der Waals surface area contributed by atoms with Crippen molar-refractivity contribution in [3.05, 3.63) is 0 Å². The molecule has 2 aliphatic rings. The van der Waals surface area contributed by atoms with Gasteiger partial charge in [0.1, 0.15) is 0 Å². The number of alkyl halides is 1. The highest BCUT2D eigenvalue weighted by atomic mass is 127. The van der Waals surface area contributed by atoms with Gasteiger partial charge in [0.25, 0.3) is 0 Å². The van der Waals surface area contributed by atoms with Gasteiger partial charge in [-0.3, -0.25) is 4.90 Å². The minimum absolute atomic E-state index is 0.958. The van der Waals surface area contributed by atoms with E-state index in [1.54, 1.807) is 0 Å². The maximum Gasteiger partial charge on any atom is 0.0505 e. The molecule has 2 fully saturated rings. The summed E-state index contributed by atoms with van der Waals surface area (Å²) >= 11 is 4.92. The first-order valence-electron chi connectivity index (χ1n) is 6.19. The van der Waals surface area contributed by atoms with E-state index in [1.807, 2.05) is 0 Å². The number of hydrogen-bond acceptors (Lipinski definition) is 3. The molecule has 0 aromatic rings. The van der Waals surface area contributed by atoms with E-state index >= 15 is 0 Å². The van der Waals surface area contributed by atoms with Crippen LogP contribution in [0.25, 0.3) is 0 Å². The SMILES string of the molecule is ICN1CCC(CN2CCN(I)CC2)CC1. The van der Waals surface area contributed by atoms with E-state index in [-0.39, 0.29) is 0 Å². The van der Waals surface area contributed by atoms with Crippen molar-refractivity contribution >= 4 is 45.5 Å². The lowest BCUT2D eigenvalue weighted by Gasteiger charge is -2.37. The van der Waals surface area contributed by atoms with E-state index in [0.29, 0.717) is 0 Å². The molecule has 0 saturated carbocycles. The molecule has 16 heavy (non-hydrogen) atoms. The van der Waals surface area contributed by atoms with Gasteiger partial charge in [0.2, 0.25) is 0 Å². The Morgan fingerprint density at radius 1 is 0.875 bits per heavy atom. The first kappa shape index (κ1) is 13.8. The lowest BCUT2D eigenvalue weighted by atomic mass is 9.96. The Kier molecular flexibility index (Phi) is 6.07. The van der Waals surface area contributed by atoms with Gasteiger partial charge in [-0.25, -0.2) is 3.11 Å². The van der Waals surface area contributed by atoms with Crippen LogP contribution in [0.3, 0.4) is 0 Å². The smallest absolute Gasteiger partial charge is 0.0505 e. The van der Waals surface area contributed by atoms with E-state index in [1.165, 1.54) is 63.2 Å². The number of piperidine rings is 1. The topological polar surface area (TPSA) is 9.72 Å². The molecule has 0 aromatic carbocycles. The van der Waals surface area contributed by atoms with E-state index in [0.717, 1.165) is 5.92 Å². The predicted molar refractivity (Wildman–Crippen MR) is 85.2 cm³/mol. The van der Waals surface area contributed by atoms with Crippen molar-refractivity contribution in [1.29, 1.82) is 0 Å². The highest BCUT2D eigenvalue weighted by Gasteiger charge is 2.22. The number of likely N-dealkylation sites (tertiary alicyclic amines) is 1. The minimum atomic E-state index is 0.958. The van der Waals surface area contributed by atoms with Gasteiger partial charge >= 0.3 is 0 Å². The molecule has 5 heteroatoms. The highest BCUT2D eigenvalue weighted by molar-refractivity contribution is 14.1. The standard InChI is InChI=1S/C11H21I2N3/c12-10-15-3-1-11(2-4-15)9-14-5-7-16(13)8-6-14/h11H,1-10H2. The highest BCUT2D eigenvalue weighted by Crippen LogP contribution is 2.20. The Morgan fingerprint density at radius 3 is 2.06 bits per heavy atom. The van der Waals surface area contributed by atoms with Gasteiger partial charge < -0.3 is 4.90 Å². The van der Waals surface area contributed by atoms with Gasteiger partial charge in [-0.1, -0.05) is 22.6 Å². The summed E-state index contributed by atoms with van der Waals surface area (Å²) in [5, 5.41) is 0. The van der Waals surface area contributed by atoms with Gasteiger partial charge in [-0.2, -0.15) is 0 Å². The van der Waals surface area contributed by atoms with Crippen LogP contribution in [0, 0.1) is 5.92 Å². The molecule has 0 bridgehead atoms. The Bertz CT molecular complexity index is 199. The van der Waals surface area contributed by atoms with E-state index in [2.05, 4.69) is 58.4 Å². The van der Waals surface area contributed by atoms with Crippen LogP contribution in [0.5, 0.6) is 0 Å². The molecule has 0 atom stereocenters. The van der Waals surface area contributed by atoms with Crippen molar-refractivity contribution in [2.75, 3.05) is 50.4 Å². The molecule has 0 aliphatic carbocycles. The lowest BCUT2D eigenvalue weighted by Crippen LogP contribution is -2.45. The third kappa shape index (κ3) is 4.22. The fraction of sp³-hybridized carbons (Fsp3) is 1.00. The third-order valence-corrected chi connectivity index (χ3v) is 5.64. The molecule has 0 aromatic heterocycles. The Labute approximate surface area is 127 Å². The molecule has 2 aliphatic heterocycles. The molecule has 3 nitrogen and oxygen atoms in total. The summed E-state index contributed by atoms with van der Waals surface area (Å²) in [6, 6.07) is 0. The van der Waals surface area contributed by atoms with Gasteiger partial charge in [-0.05, 0) is 31.8 Å². The van der Waals surface area contributed by atoms with Crippen LogP contribution in [-0.2, 0) is 0 Å². The summed E-state index contributed by atoms with van der Waals surface area (Å²) in [6.07, 6.45) is 2.82. The number of rotatable bonds is 3. The van der Waals surface area contributed by atoms with Crippen molar-refractivity contribution in [2.24, 2.45) is 5.92 Å². The van der Waals surface area contributed by atoms with Gasteiger partial charge in [0.15, 0.2) is 0 Å². The van der Waals surface area contributed by atoms with E-state index in [4.69, 9.17) is 0 Å². The van der Waals surface area contributed by atoms with Crippen LogP contribution in [-0.4, -0.2) is 63.3 Å². The Hall–Kier alpha value is 1.34. The van der Waals surface area contributed by atoms with Crippen LogP contribution in [0.1, 0.15) is 12.8 Å². The molecule has 0 N–H and O–H groups in total. The fourth-order valence-corrected chi connectivity index (χ4v) is 3.67. The fourth-order valence-electron chi connectivity index (χ4n) is 2.56. The summed E-state index contributed by atoms with van der Waals surface area (Å²) in [4.78, 5) is 5.24. The summed E-state index contributed by atoms with van der Waals surface area (Å²) in [5.74, 6) is 0.958. The first-order valence-corrected chi connectivity index (χ1v) is 8.68. The maximum atomic E-state index is 2.67. The quantitative estimate of drug-likeness (QED) is 0.283. The molecular formula is C11H21I2N3. The zero-order valence-electron chi connectivity index (χ0n) is 9.75. The van der Waals surface area contributed by atoms with Gasteiger partial charge in [0, 0.05) is 55.6 Å². The first-order chi connectivity index (χ1) is 7.78. The predicted octanol–water partition coefficient (Wildman–Crippen LogP) is 2.06. The average molecular weight is 449 g/mol. The molecule has 94 valence electrons. The summed E-state index contributed by atoms with van der Waals surface area (Å²) in [5.41, 5.74) is 0. The van der Waals surface area contributed by atoms with Crippen LogP contribution in [0.4, 0.5) is 0 Å². The van der Waals surface area contributed by atoms with Crippen molar-refractivity contribution < 1.29 is 0 Å². The second-order valence-electron chi connectivity index (χ2n) is 4.89. The van der Waals surface area contributed by atoms with Crippen molar-refractivity contribution in [1.82, 2.24) is 12.9 Å². The van der Waals surface area contributed by atoms with Crippen molar-refractivity contribution in [3.8, 4) is 0 Å². The average Bonchev–Trinajstić information content (AvgIpc) is 2.33. The second kappa shape index (κ2) is 7.06. The number of piperazine rings is 1. The lowest BCUT2D eigenvalue weighted by molar-refractivity contribution is 0.136. The maximum absolute atomic E-state index is 2.67. The minimum Gasteiger partial charge on any atom is -0.300 e. The third-order valence-electron chi connectivity index (χ3n) is 3.71. The summed E-state index contributed by atoms with van der Waals surface area (Å²) < 4.78 is 3.62. The zero-order chi connectivity index (χ0) is 11.4. The van der Waals surface area contributed by atoms with Crippen LogP contribution in [0.15, 0.2) is 0 Å². The van der Waals surface area contributed by atoms with Crippen LogP contribution in [0.2, 0.25) is 0 Å². The summed E-state index contributed by atoms with van der Waals surface area (Å²) in [7, 11) is 0. The van der Waals surface area contributed by atoms with Crippen molar-refractivity contribution in [2.45, 2.75) is 12.8 Å². The Balaban J connectivity index is 1.66. The molecule has 2 rings (SSSR count). The normalized spacial score (nSPS) is 27.4. The molecule has 2 saturated heterocycles. The van der Waals surface area contributed by atoms with Crippen LogP contribution < -0.4 is 0 Å².